The first kappa shape index (κ1) is 53.1. The maximum absolute atomic E-state index is 12.4. The number of carboxylic acid groups (broad SMARTS) is 2. The monoisotopic (exact) mass is 1150 g/mol. The van der Waals surface area contributed by atoms with Gasteiger partial charge in [-0.1, -0.05) is 152 Å². The van der Waals surface area contributed by atoms with E-state index < -0.39 is 33.6 Å². The lowest BCUT2D eigenvalue weighted by Crippen LogP contribution is -2.16. The quantitative estimate of drug-likeness (QED) is 0.102. The van der Waals surface area contributed by atoms with Gasteiger partial charge in [0.05, 0.1) is 11.1 Å². The molecule has 0 spiro atoms. The summed E-state index contributed by atoms with van der Waals surface area (Å²) in [5.41, 5.74) is 24.7. The van der Waals surface area contributed by atoms with Gasteiger partial charge in [0, 0.05) is 21.7 Å². The van der Waals surface area contributed by atoms with Crippen molar-refractivity contribution in [1.29, 1.82) is 0 Å². The molecule has 0 atom stereocenters. The number of ether oxygens (including phenoxy) is 2. The van der Waals surface area contributed by atoms with Crippen LogP contribution in [0, 0.1) is 0 Å². The number of hydrogen-bond donors (Lipinski definition) is 2. The van der Waals surface area contributed by atoms with Gasteiger partial charge in [-0.25, -0.2) is 9.59 Å². The molecule has 16 rings (SSSR count). The van der Waals surface area contributed by atoms with Gasteiger partial charge in [-0.2, -0.15) is 0 Å². The van der Waals surface area contributed by atoms with Crippen LogP contribution in [0.3, 0.4) is 0 Å². The van der Waals surface area contributed by atoms with E-state index in [4.69, 9.17) is 9.47 Å². The Morgan fingerprint density at radius 3 is 0.795 bits per heavy atom. The summed E-state index contributed by atoms with van der Waals surface area (Å²) in [5.74, 6) is -0.896. The molecule has 0 radical (unpaired) electrons. The van der Waals surface area contributed by atoms with E-state index in [0.717, 1.165) is 155 Å². The number of carbonyl (C=O) groups excluding carboxylic acids is 2. The maximum Gasteiger partial charge on any atom is 0.335 e. The number of benzene rings is 12. The van der Waals surface area contributed by atoms with Crippen LogP contribution in [0.15, 0.2) is 182 Å². The smallest absolute Gasteiger partial charge is 0.335 e. The van der Waals surface area contributed by atoms with Crippen LogP contribution < -0.4 is 9.47 Å². The molecule has 12 aromatic rings. The van der Waals surface area contributed by atoms with Crippen LogP contribution >= 0.6 is 0 Å². The Kier molecular flexibility index (Phi) is 10.9. The molecule has 0 amide bonds. The number of carboxylic acids is 2. The summed E-state index contributed by atoms with van der Waals surface area (Å²) in [5, 5.41) is 26.9. The minimum absolute atomic E-state index is 0.266. The minimum Gasteiger partial charge on any atom is -0.478 e. The highest BCUT2D eigenvalue weighted by atomic mass is 16.5. The second kappa shape index (κ2) is 18.1. The summed E-state index contributed by atoms with van der Waals surface area (Å²) < 4.78 is 10.8. The van der Waals surface area contributed by atoms with E-state index in [9.17, 15) is 29.4 Å². The lowest BCUT2D eigenvalue weighted by Gasteiger charge is -2.25. The van der Waals surface area contributed by atoms with Gasteiger partial charge in [-0.15, -0.1) is 0 Å². The molecular formula is C80H58O8. The molecule has 426 valence electrons. The molecule has 0 aromatic heterocycles. The predicted octanol–water partition coefficient (Wildman–Crippen LogP) is 18.9. The first-order valence-corrected chi connectivity index (χ1v) is 29.8. The molecule has 4 aliphatic carbocycles. The molecule has 0 heterocycles. The molecule has 2 N–H and O–H groups in total. The van der Waals surface area contributed by atoms with E-state index in [1.54, 1.807) is 12.1 Å². The largest absolute Gasteiger partial charge is 0.478 e. The molecule has 0 saturated carbocycles. The molecule has 8 heteroatoms. The van der Waals surface area contributed by atoms with Crippen molar-refractivity contribution in [2.24, 2.45) is 0 Å². The number of carbonyl (C=O) groups is 4. The van der Waals surface area contributed by atoms with Gasteiger partial charge in [-0.05, 0) is 251 Å². The molecule has 12 aromatic carbocycles. The average Bonchev–Trinajstić information content (AvgIpc) is 0.783. The van der Waals surface area contributed by atoms with Crippen molar-refractivity contribution in [2.45, 2.75) is 77.0 Å². The molecule has 8 nitrogen and oxygen atoms in total. The third-order valence-corrected chi connectivity index (χ3v) is 20.7. The zero-order valence-corrected chi connectivity index (χ0v) is 49.8. The molecular weight excluding hydrogens is 1090 g/mol. The number of fused-ring (bicyclic) bond motifs is 12. The molecule has 4 aliphatic rings. The van der Waals surface area contributed by atoms with E-state index in [1.807, 2.05) is 48.5 Å². The van der Waals surface area contributed by atoms with Crippen molar-refractivity contribution in [2.75, 3.05) is 0 Å². The number of aromatic carboxylic acids is 2. The van der Waals surface area contributed by atoms with E-state index in [0.29, 0.717) is 24.4 Å². The van der Waals surface area contributed by atoms with Crippen molar-refractivity contribution < 1.29 is 38.9 Å². The van der Waals surface area contributed by atoms with E-state index in [1.165, 1.54) is 11.1 Å². The van der Waals surface area contributed by atoms with Gasteiger partial charge < -0.3 is 19.7 Å². The van der Waals surface area contributed by atoms with Crippen molar-refractivity contribution in [1.82, 2.24) is 0 Å². The standard InChI is InChI=1S/C80H58O8/c1-77(2)65-29-41(9-17-49(65)53-21-13-45(75(83)84)33-69(53)77)61-37-63(43-11-19-51-55-23-15-47(87-39-81)35-71(55)79(5,6)67(51)31-43)59-27-28-60-64(44-12-20-52-56-24-16-48(88-40-82)36-72(56)80(7,8)68(52)32-44)38-62(58-26-25-57(61)73(59)74(58)60)42-10-18-50-54-22-14-46(76(85)86)34-70(54)78(3,4)66(50)30-42/h9-40H,1-8H3,(H,83,84)(H,85,86). The van der Waals surface area contributed by atoms with Crippen molar-refractivity contribution in [3.8, 4) is 101 Å². The zero-order valence-electron chi connectivity index (χ0n) is 49.8. The Hall–Kier alpha value is -10.4. The fraction of sp³-hybridized carbons (Fsp3) is 0.150. The summed E-state index contributed by atoms with van der Waals surface area (Å²) in [4.78, 5) is 47.9. The average molecular weight is 1150 g/mol. The van der Waals surface area contributed by atoms with Gasteiger partial charge in [0.1, 0.15) is 11.5 Å². The van der Waals surface area contributed by atoms with Gasteiger partial charge in [-0.3, -0.25) is 9.59 Å². The van der Waals surface area contributed by atoms with Crippen LogP contribution in [0.5, 0.6) is 11.5 Å². The topological polar surface area (TPSA) is 127 Å². The first-order valence-electron chi connectivity index (χ1n) is 29.8. The number of rotatable bonds is 10. The van der Waals surface area contributed by atoms with Gasteiger partial charge >= 0.3 is 11.9 Å². The highest BCUT2D eigenvalue weighted by Crippen LogP contribution is 2.58. The highest BCUT2D eigenvalue weighted by molar-refractivity contribution is 6.32. The van der Waals surface area contributed by atoms with Crippen LogP contribution in [0.2, 0.25) is 0 Å². The number of hydrogen-bond acceptors (Lipinski definition) is 6. The van der Waals surface area contributed by atoms with Crippen molar-refractivity contribution >= 4 is 57.2 Å². The van der Waals surface area contributed by atoms with Crippen LogP contribution in [0.25, 0.3) is 121 Å². The third-order valence-electron chi connectivity index (χ3n) is 20.7. The summed E-state index contributed by atoms with van der Waals surface area (Å²) in [6, 6.07) is 64.0. The highest BCUT2D eigenvalue weighted by Gasteiger charge is 2.41. The summed E-state index contributed by atoms with van der Waals surface area (Å²) >= 11 is 0. The van der Waals surface area contributed by atoms with E-state index in [2.05, 4.69) is 177 Å². The lowest BCUT2D eigenvalue weighted by atomic mass is 9.78. The Bertz CT molecular complexity index is 4880. The third kappa shape index (κ3) is 7.20. The Morgan fingerprint density at radius 1 is 0.295 bits per heavy atom. The maximum atomic E-state index is 12.4. The first-order chi connectivity index (χ1) is 42.2. The molecule has 0 unspecified atom stereocenters. The Balaban J connectivity index is 0.976. The molecule has 0 bridgehead atoms. The fourth-order valence-corrected chi connectivity index (χ4v) is 16.1. The summed E-state index contributed by atoms with van der Waals surface area (Å²) in [6.07, 6.45) is 0. The Morgan fingerprint density at radius 2 is 0.534 bits per heavy atom. The van der Waals surface area contributed by atoms with Crippen LogP contribution in [0.1, 0.15) is 121 Å². The van der Waals surface area contributed by atoms with Gasteiger partial charge in [0.15, 0.2) is 0 Å². The van der Waals surface area contributed by atoms with Crippen LogP contribution in [0.4, 0.5) is 0 Å². The van der Waals surface area contributed by atoms with Crippen LogP contribution in [-0.2, 0) is 31.2 Å². The van der Waals surface area contributed by atoms with Crippen molar-refractivity contribution in [3.05, 3.63) is 238 Å². The SMILES string of the molecule is CC1(C)c2cc(OC=O)ccc2-c2ccc(-c3cc(-c4ccc5c(c4)C(C)(C)c4cc(C(=O)O)ccc4-5)c4ccc5c(-c6ccc7c(c6)C(C)(C)c6cc(C(=O)O)ccc6-7)cc(-c6ccc7c(c6)C(C)(C)c6cc(OC=O)ccc6-7)c6ccc3c4c65)cc21. The lowest BCUT2D eigenvalue weighted by molar-refractivity contribution is -0.121. The molecule has 0 saturated heterocycles. The second-order valence-corrected chi connectivity index (χ2v) is 26.5. The van der Waals surface area contributed by atoms with Crippen LogP contribution in [-0.4, -0.2) is 35.1 Å². The summed E-state index contributed by atoms with van der Waals surface area (Å²) in [7, 11) is 0. The van der Waals surface area contributed by atoms with Gasteiger partial charge in [0.2, 0.25) is 0 Å². The van der Waals surface area contributed by atoms with Crippen molar-refractivity contribution in [3.63, 3.8) is 0 Å². The van der Waals surface area contributed by atoms with E-state index in [-0.39, 0.29) is 11.1 Å². The Labute approximate surface area is 508 Å². The molecule has 0 aliphatic heterocycles. The second-order valence-electron chi connectivity index (χ2n) is 26.5. The van der Waals surface area contributed by atoms with E-state index >= 15 is 0 Å². The zero-order chi connectivity index (χ0) is 60.8. The minimum atomic E-state index is -0.952. The molecule has 88 heavy (non-hydrogen) atoms. The van der Waals surface area contributed by atoms with Gasteiger partial charge in [0.25, 0.3) is 12.9 Å². The fourth-order valence-electron chi connectivity index (χ4n) is 16.1. The summed E-state index contributed by atoms with van der Waals surface area (Å²) in [6.45, 7) is 18.6. The predicted molar refractivity (Wildman–Crippen MR) is 349 cm³/mol. The normalized spacial score (nSPS) is 15.2. The molecule has 0 fully saturated rings.